The summed E-state index contributed by atoms with van der Waals surface area (Å²) in [5.41, 5.74) is 0. The smallest absolute Gasteiger partial charge is 0.315 e. The van der Waals surface area contributed by atoms with Crippen molar-refractivity contribution in [2.75, 3.05) is 0 Å². The lowest BCUT2D eigenvalue weighted by Crippen LogP contribution is -2.22. The highest BCUT2D eigenvalue weighted by molar-refractivity contribution is 5.80. The number of hydrogen-bond donors (Lipinski definition) is 0. The fraction of sp³-hybridized carbons (Fsp3) is 0.636. The molecule has 0 amide bonds. The minimum absolute atomic E-state index is 0.0694. The van der Waals surface area contributed by atoms with Crippen molar-refractivity contribution in [1.29, 1.82) is 0 Å². The van der Waals surface area contributed by atoms with Gasteiger partial charge >= 0.3 is 5.97 Å². The van der Waals surface area contributed by atoms with Crippen LogP contribution in [0.25, 0.3) is 0 Å². The van der Waals surface area contributed by atoms with Gasteiger partial charge in [0, 0.05) is 12.0 Å². The molecule has 4 atom stereocenters. The summed E-state index contributed by atoms with van der Waals surface area (Å²) in [7, 11) is 0. The molecular weight excluding hydrogens is 180 g/mol. The monoisotopic (exact) mass is 192 g/mol. The van der Waals surface area contributed by atoms with Crippen molar-refractivity contribution in [2.24, 2.45) is 23.7 Å². The first-order valence-corrected chi connectivity index (χ1v) is 5.18. The Balaban J connectivity index is 1.99. The van der Waals surface area contributed by atoms with E-state index in [1.165, 1.54) is 12.5 Å². The normalized spacial score (nSPS) is 46.9. The summed E-state index contributed by atoms with van der Waals surface area (Å²) in [5, 5.41) is 0. The van der Waals surface area contributed by atoms with Crippen molar-refractivity contribution < 1.29 is 14.3 Å². The Labute approximate surface area is 82.1 Å². The van der Waals surface area contributed by atoms with E-state index in [0.29, 0.717) is 17.6 Å². The predicted octanol–water partition coefficient (Wildman–Crippen LogP) is 1.29. The first-order valence-electron chi connectivity index (χ1n) is 5.18. The van der Waals surface area contributed by atoms with E-state index < -0.39 is 0 Å². The highest BCUT2D eigenvalue weighted by Crippen LogP contribution is 2.58. The molecular formula is C11H12O3. The summed E-state index contributed by atoms with van der Waals surface area (Å²) >= 11 is 0. The Kier molecular flexibility index (Phi) is 1.58. The Bertz CT molecular complexity index is 331. The van der Waals surface area contributed by atoms with Crippen LogP contribution in [-0.4, -0.2) is 12.3 Å². The van der Waals surface area contributed by atoms with E-state index in [-0.39, 0.29) is 17.8 Å². The van der Waals surface area contributed by atoms with Crippen LogP contribution in [-0.2, 0) is 14.3 Å². The number of carbonyl (C=O) groups excluding carboxylic acids is 2. The van der Waals surface area contributed by atoms with E-state index in [0.717, 1.165) is 19.1 Å². The molecule has 0 aromatic heterocycles. The molecule has 3 fully saturated rings. The number of allylic oxidation sites excluding steroid dienone is 2. The van der Waals surface area contributed by atoms with Crippen LogP contribution < -0.4 is 0 Å². The molecule has 0 aromatic carbocycles. The third-order valence-electron chi connectivity index (χ3n) is 3.97. The van der Waals surface area contributed by atoms with E-state index in [1.54, 1.807) is 0 Å². The highest BCUT2D eigenvalue weighted by Gasteiger charge is 2.57. The summed E-state index contributed by atoms with van der Waals surface area (Å²) in [5.74, 6) is 1.93. The molecule has 2 bridgehead atoms. The maximum Gasteiger partial charge on any atom is 0.315 e. The summed E-state index contributed by atoms with van der Waals surface area (Å²) in [4.78, 5) is 21.9. The molecule has 0 unspecified atom stereocenters. The second-order valence-corrected chi connectivity index (χ2v) is 4.51. The van der Waals surface area contributed by atoms with Gasteiger partial charge in [-0.1, -0.05) is 0 Å². The topological polar surface area (TPSA) is 43.4 Å². The SMILES string of the molecule is O=C/C=C1/OC(=O)[C@H]2[C@H]3CC[C@@H](C3)[C@@H]12. The molecule has 3 heteroatoms. The summed E-state index contributed by atoms with van der Waals surface area (Å²) < 4.78 is 5.14. The molecule has 74 valence electrons. The average molecular weight is 192 g/mol. The minimum atomic E-state index is -0.102. The molecule has 2 aliphatic carbocycles. The van der Waals surface area contributed by atoms with Gasteiger partial charge in [0.25, 0.3) is 0 Å². The maximum absolute atomic E-state index is 11.6. The standard InChI is InChI=1S/C11H12O3/c12-4-3-8-9-6-1-2-7(5-6)10(9)11(13)14-8/h3-4,6-7,9-10H,1-2,5H2/b8-3+/t6-,7-,9-,10-/m0/s1. The number of rotatable bonds is 1. The van der Waals surface area contributed by atoms with Gasteiger partial charge in [0.05, 0.1) is 5.92 Å². The van der Waals surface area contributed by atoms with E-state index >= 15 is 0 Å². The third-order valence-corrected chi connectivity index (χ3v) is 3.97. The first-order chi connectivity index (χ1) is 6.81. The van der Waals surface area contributed by atoms with E-state index in [9.17, 15) is 9.59 Å². The Hall–Kier alpha value is -1.12. The van der Waals surface area contributed by atoms with E-state index in [2.05, 4.69) is 0 Å². The van der Waals surface area contributed by atoms with Crippen molar-refractivity contribution in [3.63, 3.8) is 0 Å². The van der Waals surface area contributed by atoms with Crippen molar-refractivity contribution in [1.82, 2.24) is 0 Å². The van der Waals surface area contributed by atoms with Gasteiger partial charge < -0.3 is 4.74 Å². The zero-order valence-electron chi connectivity index (χ0n) is 7.81. The van der Waals surface area contributed by atoms with Gasteiger partial charge in [-0.2, -0.15) is 0 Å². The minimum Gasteiger partial charge on any atom is -0.430 e. The van der Waals surface area contributed by atoms with Crippen LogP contribution >= 0.6 is 0 Å². The van der Waals surface area contributed by atoms with Crippen LogP contribution in [0, 0.1) is 23.7 Å². The fourth-order valence-electron chi connectivity index (χ4n) is 3.50. The molecule has 3 rings (SSSR count). The number of ether oxygens (including phenoxy) is 1. The van der Waals surface area contributed by atoms with E-state index in [1.807, 2.05) is 0 Å². The number of cyclic esters (lactones) is 1. The summed E-state index contributed by atoms with van der Waals surface area (Å²) in [6.07, 6.45) is 5.65. The summed E-state index contributed by atoms with van der Waals surface area (Å²) in [6.45, 7) is 0. The zero-order valence-corrected chi connectivity index (χ0v) is 7.81. The molecule has 0 spiro atoms. The highest BCUT2D eigenvalue weighted by atomic mass is 16.5. The lowest BCUT2D eigenvalue weighted by Gasteiger charge is -2.19. The number of carbonyl (C=O) groups is 2. The molecule has 0 aromatic rings. The van der Waals surface area contributed by atoms with Crippen LogP contribution in [0.5, 0.6) is 0 Å². The van der Waals surface area contributed by atoms with Gasteiger partial charge in [0.1, 0.15) is 12.0 Å². The van der Waals surface area contributed by atoms with Crippen molar-refractivity contribution in [3.8, 4) is 0 Å². The molecule has 3 aliphatic rings. The molecule has 3 nitrogen and oxygen atoms in total. The number of fused-ring (bicyclic) bond motifs is 5. The summed E-state index contributed by atoms with van der Waals surface area (Å²) in [6, 6.07) is 0. The molecule has 2 saturated carbocycles. The molecule has 0 radical (unpaired) electrons. The van der Waals surface area contributed by atoms with Gasteiger partial charge in [-0.25, -0.2) is 0 Å². The van der Waals surface area contributed by atoms with Crippen molar-refractivity contribution in [2.45, 2.75) is 19.3 Å². The quantitative estimate of drug-likeness (QED) is 0.357. The van der Waals surface area contributed by atoms with Gasteiger partial charge in [0.2, 0.25) is 0 Å². The lowest BCUT2D eigenvalue weighted by atomic mass is 9.80. The Morgan fingerprint density at radius 3 is 2.64 bits per heavy atom. The first kappa shape index (κ1) is 8.21. The number of hydrogen-bond acceptors (Lipinski definition) is 3. The molecule has 1 aliphatic heterocycles. The molecule has 1 heterocycles. The third kappa shape index (κ3) is 0.873. The van der Waals surface area contributed by atoms with Gasteiger partial charge in [-0.3, -0.25) is 9.59 Å². The van der Waals surface area contributed by atoms with E-state index in [4.69, 9.17) is 4.74 Å². The van der Waals surface area contributed by atoms with Gasteiger partial charge in [0.15, 0.2) is 0 Å². The fourth-order valence-corrected chi connectivity index (χ4v) is 3.50. The van der Waals surface area contributed by atoms with Crippen LogP contribution in [0.2, 0.25) is 0 Å². The molecule has 0 N–H and O–H groups in total. The lowest BCUT2D eigenvalue weighted by molar-refractivity contribution is -0.140. The number of esters is 1. The predicted molar refractivity (Wildman–Crippen MR) is 48.1 cm³/mol. The van der Waals surface area contributed by atoms with Crippen LogP contribution in [0.3, 0.4) is 0 Å². The zero-order chi connectivity index (χ0) is 9.71. The second kappa shape index (κ2) is 2.69. The Morgan fingerprint density at radius 1 is 1.21 bits per heavy atom. The van der Waals surface area contributed by atoms with Crippen LogP contribution in [0.15, 0.2) is 11.8 Å². The van der Waals surface area contributed by atoms with Crippen LogP contribution in [0.4, 0.5) is 0 Å². The second-order valence-electron chi connectivity index (χ2n) is 4.51. The largest absolute Gasteiger partial charge is 0.430 e. The maximum atomic E-state index is 11.6. The average Bonchev–Trinajstić information content (AvgIpc) is 2.80. The molecule has 1 saturated heterocycles. The van der Waals surface area contributed by atoms with Gasteiger partial charge in [-0.15, -0.1) is 0 Å². The Morgan fingerprint density at radius 2 is 1.93 bits per heavy atom. The van der Waals surface area contributed by atoms with Crippen molar-refractivity contribution in [3.05, 3.63) is 11.8 Å². The van der Waals surface area contributed by atoms with Gasteiger partial charge in [-0.05, 0) is 31.1 Å². The number of aldehydes is 1. The van der Waals surface area contributed by atoms with Crippen LogP contribution in [0.1, 0.15) is 19.3 Å². The molecule has 14 heavy (non-hydrogen) atoms. The van der Waals surface area contributed by atoms with Crippen molar-refractivity contribution >= 4 is 12.3 Å².